The lowest BCUT2D eigenvalue weighted by Gasteiger charge is -2.19. The minimum Gasteiger partial charge on any atom is -0.481 e. The van der Waals surface area contributed by atoms with Crippen LogP contribution in [0.25, 0.3) is 0 Å². The number of benzene rings is 1. The number of carboxylic acid groups (broad SMARTS) is 1. The molecule has 0 bridgehead atoms. The fourth-order valence-corrected chi connectivity index (χ4v) is 3.19. The molecule has 0 spiro atoms. The first kappa shape index (κ1) is 13.2. The Hall–Kier alpha value is -1.84. The van der Waals surface area contributed by atoms with Crippen LogP contribution in [0.15, 0.2) is 30.3 Å². The van der Waals surface area contributed by atoms with Gasteiger partial charge in [0.1, 0.15) is 0 Å². The Bertz CT molecular complexity index is 522. The van der Waals surface area contributed by atoms with Gasteiger partial charge in [0.05, 0.1) is 11.3 Å². The predicted octanol–water partition coefficient (Wildman–Crippen LogP) is 2.09. The van der Waals surface area contributed by atoms with Crippen molar-refractivity contribution in [2.75, 3.05) is 0 Å². The first-order valence-electron chi connectivity index (χ1n) is 7.21. The monoisotopic (exact) mass is 273 g/mol. The highest BCUT2D eigenvalue weighted by Gasteiger charge is 2.51. The highest BCUT2D eigenvalue weighted by Crippen LogP contribution is 2.48. The number of carboxylic acids is 1. The van der Waals surface area contributed by atoms with Crippen molar-refractivity contribution in [3.8, 4) is 0 Å². The minimum absolute atomic E-state index is 0.0183. The first-order valence-corrected chi connectivity index (χ1v) is 7.21. The number of carbonyl (C=O) groups excluding carboxylic acids is 1. The molecule has 2 aliphatic rings. The Morgan fingerprint density at radius 3 is 2.40 bits per heavy atom. The number of nitrogens with one attached hydrogen (secondary N) is 1. The van der Waals surface area contributed by atoms with E-state index in [0.29, 0.717) is 12.8 Å². The number of hydrogen-bond donors (Lipinski definition) is 2. The van der Waals surface area contributed by atoms with Gasteiger partial charge in [-0.2, -0.15) is 0 Å². The minimum atomic E-state index is -0.744. The molecule has 0 aromatic heterocycles. The van der Waals surface area contributed by atoms with Crippen molar-refractivity contribution >= 4 is 11.9 Å². The van der Waals surface area contributed by atoms with Crippen LogP contribution in [0.2, 0.25) is 0 Å². The van der Waals surface area contributed by atoms with Crippen molar-refractivity contribution in [3.63, 3.8) is 0 Å². The number of amides is 1. The highest BCUT2D eigenvalue weighted by atomic mass is 16.4. The Kier molecular flexibility index (Phi) is 3.24. The summed E-state index contributed by atoms with van der Waals surface area (Å²) < 4.78 is 0. The molecule has 0 saturated heterocycles. The topological polar surface area (TPSA) is 66.4 Å². The van der Waals surface area contributed by atoms with Crippen LogP contribution in [0.3, 0.4) is 0 Å². The van der Waals surface area contributed by atoms with Crippen LogP contribution in [0, 0.1) is 5.92 Å². The van der Waals surface area contributed by atoms with Gasteiger partial charge >= 0.3 is 5.97 Å². The Labute approximate surface area is 118 Å². The lowest BCUT2D eigenvalue weighted by molar-refractivity contribution is -0.141. The van der Waals surface area contributed by atoms with Crippen LogP contribution in [-0.2, 0) is 15.0 Å². The summed E-state index contributed by atoms with van der Waals surface area (Å²) in [7, 11) is 0. The maximum atomic E-state index is 12.5. The third kappa shape index (κ3) is 2.30. The number of hydrogen-bond acceptors (Lipinski definition) is 2. The van der Waals surface area contributed by atoms with Gasteiger partial charge in [-0.3, -0.25) is 9.59 Å². The van der Waals surface area contributed by atoms with E-state index in [-0.39, 0.29) is 23.3 Å². The number of rotatable bonds is 4. The quantitative estimate of drug-likeness (QED) is 0.882. The van der Waals surface area contributed by atoms with Gasteiger partial charge in [-0.25, -0.2) is 0 Å². The van der Waals surface area contributed by atoms with E-state index in [1.807, 2.05) is 30.3 Å². The van der Waals surface area contributed by atoms with Crippen LogP contribution in [0.5, 0.6) is 0 Å². The molecule has 1 aromatic rings. The van der Waals surface area contributed by atoms with Crippen LogP contribution < -0.4 is 5.32 Å². The van der Waals surface area contributed by atoms with Gasteiger partial charge in [-0.05, 0) is 37.7 Å². The maximum Gasteiger partial charge on any atom is 0.306 e. The number of carbonyl (C=O) groups is 2. The standard InChI is InChI=1S/C16H19NO3/c18-14(19)11-6-7-13(10-11)17-15(20)16(8-9-16)12-4-2-1-3-5-12/h1-5,11,13H,6-10H2,(H,17,20)(H,18,19). The largest absolute Gasteiger partial charge is 0.481 e. The summed E-state index contributed by atoms with van der Waals surface area (Å²) >= 11 is 0. The molecule has 2 saturated carbocycles. The first-order chi connectivity index (χ1) is 9.62. The smallest absolute Gasteiger partial charge is 0.306 e. The molecule has 0 heterocycles. The Morgan fingerprint density at radius 1 is 1.15 bits per heavy atom. The lowest BCUT2D eigenvalue weighted by atomic mass is 9.94. The average Bonchev–Trinajstić information content (AvgIpc) is 3.14. The van der Waals surface area contributed by atoms with Gasteiger partial charge in [0.2, 0.25) is 5.91 Å². The molecule has 1 aromatic carbocycles. The fraction of sp³-hybridized carbons (Fsp3) is 0.500. The van der Waals surface area contributed by atoms with Crippen molar-refractivity contribution in [1.29, 1.82) is 0 Å². The molecule has 2 fully saturated rings. The van der Waals surface area contributed by atoms with E-state index < -0.39 is 5.97 Å². The Balaban J connectivity index is 1.65. The van der Waals surface area contributed by atoms with Gasteiger partial charge in [0.25, 0.3) is 0 Å². The second kappa shape index (κ2) is 4.93. The van der Waals surface area contributed by atoms with Crippen molar-refractivity contribution in [1.82, 2.24) is 5.32 Å². The molecule has 0 aliphatic heterocycles. The highest BCUT2D eigenvalue weighted by molar-refractivity contribution is 5.91. The van der Waals surface area contributed by atoms with Crippen LogP contribution in [0.1, 0.15) is 37.7 Å². The lowest BCUT2D eigenvalue weighted by Crippen LogP contribution is -2.40. The normalized spacial score (nSPS) is 27.0. The van der Waals surface area contributed by atoms with Gasteiger partial charge in [0, 0.05) is 6.04 Å². The van der Waals surface area contributed by atoms with Crippen LogP contribution >= 0.6 is 0 Å². The molecule has 2 atom stereocenters. The van der Waals surface area contributed by atoms with Crippen molar-refractivity contribution in [2.24, 2.45) is 5.92 Å². The zero-order chi connectivity index (χ0) is 14.2. The molecule has 0 radical (unpaired) electrons. The molecule has 3 rings (SSSR count). The molecule has 106 valence electrons. The molecule has 2 N–H and O–H groups in total. The van der Waals surface area contributed by atoms with Crippen molar-refractivity contribution in [2.45, 2.75) is 43.6 Å². The van der Waals surface area contributed by atoms with Gasteiger partial charge in [-0.1, -0.05) is 30.3 Å². The van der Waals surface area contributed by atoms with Crippen LogP contribution in [0.4, 0.5) is 0 Å². The molecule has 4 nitrogen and oxygen atoms in total. The third-order valence-corrected chi connectivity index (χ3v) is 4.63. The van der Waals surface area contributed by atoms with E-state index in [0.717, 1.165) is 24.8 Å². The molecule has 2 aliphatic carbocycles. The van der Waals surface area contributed by atoms with Crippen molar-refractivity contribution < 1.29 is 14.7 Å². The van der Waals surface area contributed by atoms with Gasteiger partial charge < -0.3 is 10.4 Å². The summed E-state index contributed by atoms with van der Waals surface area (Å²) in [5.74, 6) is -0.974. The predicted molar refractivity (Wildman–Crippen MR) is 74.3 cm³/mol. The second-order valence-corrected chi connectivity index (χ2v) is 5.97. The van der Waals surface area contributed by atoms with E-state index in [9.17, 15) is 9.59 Å². The molecular weight excluding hydrogens is 254 g/mol. The van der Waals surface area contributed by atoms with Crippen LogP contribution in [-0.4, -0.2) is 23.0 Å². The second-order valence-electron chi connectivity index (χ2n) is 5.97. The van der Waals surface area contributed by atoms with E-state index in [2.05, 4.69) is 5.32 Å². The molecule has 4 heteroatoms. The fourth-order valence-electron chi connectivity index (χ4n) is 3.19. The number of aliphatic carboxylic acids is 1. The third-order valence-electron chi connectivity index (χ3n) is 4.63. The molecule has 1 amide bonds. The maximum absolute atomic E-state index is 12.5. The summed E-state index contributed by atoms with van der Waals surface area (Å²) in [4.78, 5) is 23.5. The van der Waals surface area contributed by atoms with Gasteiger partial charge in [-0.15, -0.1) is 0 Å². The summed E-state index contributed by atoms with van der Waals surface area (Å²) in [6, 6.07) is 9.89. The zero-order valence-corrected chi connectivity index (χ0v) is 11.3. The molecule has 2 unspecified atom stereocenters. The average molecular weight is 273 g/mol. The summed E-state index contributed by atoms with van der Waals surface area (Å²) in [6.07, 6.45) is 3.77. The summed E-state index contributed by atoms with van der Waals surface area (Å²) in [6.45, 7) is 0. The SMILES string of the molecule is O=C(O)C1CCC(NC(=O)C2(c3ccccc3)CC2)C1. The Morgan fingerprint density at radius 2 is 1.85 bits per heavy atom. The van der Waals surface area contributed by atoms with E-state index >= 15 is 0 Å². The van der Waals surface area contributed by atoms with Crippen molar-refractivity contribution in [3.05, 3.63) is 35.9 Å². The summed E-state index contributed by atoms with van der Waals surface area (Å²) in [5, 5.41) is 12.1. The van der Waals surface area contributed by atoms with E-state index in [1.165, 1.54) is 0 Å². The molecule has 20 heavy (non-hydrogen) atoms. The summed E-state index contributed by atoms with van der Waals surface area (Å²) in [5.41, 5.74) is 0.716. The molecular formula is C16H19NO3. The van der Waals surface area contributed by atoms with Gasteiger partial charge in [0.15, 0.2) is 0 Å². The van der Waals surface area contributed by atoms with E-state index in [1.54, 1.807) is 0 Å². The van der Waals surface area contributed by atoms with E-state index in [4.69, 9.17) is 5.11 Å². The zero-order valence-electron chi connectivity index (χ0n) is 11.3.